The number of hydrogen-bond acceptors (Lipinski definition) is 5. The van der Waals surface area contributed by atoms with Crippen LogP contribution in [0.4, 0.5) is 0 Å². The molecule has 1 aromatic carbocycles. The van der Waals surface area contributed by atoms with E-state index in [2.05, 4.69) is 13.2 Å². The summed E-state index contributed by atoms with van der Waals surface area (Å²) in [5, 5.41) is 0. The van der Waals surface area contributed by atoms with E-state index in [0.717, 1.165) is 24.8 Å². The van der Waals surface area contributed by atoms with Gasteiger partial charge in [-0.1, -0.05) is 42.5 Å². The number of methoxy groups -OCH3 is 1. The number of unbranched alkanes of at least 4 members (excludes halogenated alkanes) is 1. The molecule has 0 radical (unpaired) electrons. The van der Waals surface area contributed by atoms with Crippen LogP contribution in [0.3, 0.4) is 0 Å². The van der Waals surface area contributed by atoms with Gasteiger partial charge in [-0.3, -0.25) is 0 Å². The van der Waals surface area contributed by atoms with Gasteiger partial charge in [-0.15, -0.1) is 13.2 Å². The molecule has 0 aliphatic carbocycles. The number of hydrogen-bond donors (Lipinski definition) is 0. The van der Waals surface area contributed by atoms with Crippen LogP contribution in [0.25, 0.3) is 0 Å². The van der Waals surface area contributed by atoms with Crippen molar-refractivity contribution in [3.63, 3.8) is 0 Å². The lowest BCUT2D eigenvalue weighted by Gasteiger charge is -2.49. The molecule has 2 saturated heterocycles. The van der Waals surface area contributed by atoms with E-state index in [1.165, 1.54) is 0 Å². The highest BCUT2D eigenvalue weighted by Crippen LogP contribution is 2.39. The average molecular weight is 374 g/mol. The first kappa shape index (κ1) is 20.2. The third-order valence-corrected chi connectivity index (χ3v) is 5.09. The van der Waals surface area contributed by atoms with Crippen molar-refractivity contribution >= 4 is 0 Å². The normalized spacial score (nSPS) is 33.2. The minimum Gasteiger partial charge on any atom is -0.373 e. The fourth-order valence-corrected chi connectivity index (χ4v) is 3.76. The molecule has 0 saturated carbocycles. The molecule has 3 rings (SSSR count). The zero-order valence-electron chi connectivity index (χ0n) is 16.0. The van der Waals surface area contributed by atoms with Crippen molar-refractivity contribution in [2.75, 3.05) is 20.3 Å². The molecule has 0 amide bonds. The Bertz CT molecular complexity index is 590. The summed E-state index contributed by atoms with van der Waals surface area (Å²) in [5.74, 6) is 0.0880. The van der Waals surface area contributed by atoms with Gasteiger partial charge >= 0.3 is 0 Å². The molecule has 0 spiro atoms. The van der Waals surface area contributed by atoms with Crippen LogP contribution in [-0.4, -0.2) is 44.9 Å². The molecular formula is C22H30O5. The Kier molecular flexibility index (Phi) is 7.61. The van der Waals surface area contributed by atoms with Gasteiger partial charge in [0.05, 0.1) is 12.7 Å². The van der Waals surface area contributed by atoms with E-state index in [1.807, 2.05) is 42.5 Å². The molecule has 0 bridgehead atoms. The Morgan fingerprint density at radius 1 is 1.15 bits per heavy atom. The van der Waals surface area contributed by atoms with E-state index in [0.29, 0.717) is 13.2 Å². The molecule has 2 fully saturated rings. The van der Waals surface area contributed by atoms with Crippen molar-refractivity contribution in [3.8, 4) is 0 Å². The second-order valence-electron chi connectivity index (χ2n) is 6.91. The number of allylic oxidation sites excluding steroid dienone is 2. The van der Waals surface area contributed by atoms with Gasteiger partial charge in [0.2, 0.25) is 0 Å². The Labute approximate surface area is 161 Å². The minimum atomic E-state index is -0.444. The van der Waals surface area contributed by atoms with Crippen LogP contribution < -0.4 is 0 Å². The fraction of sp³-hybridized carbons (Fsp3) is 0.545. The molecule has 0 N–H and O–H groups in total. The molecule has 148 valence electrons. The molecule has 6 atom stereocenters. The molecule has 0 aromatic heterocycles. The van der Waals surface area contributed by atoms with Gasteiger partial charge in [0.25, 0.3) is 0 Å². The van der Waals surface area contributed by atoms with Gasteiger partial charge in [0, 0.05) is 25.2 Å². The zero-order valence-corrected chi connectivity index (χ0v) is 16.0. The van der Waals surface area contributed by atoms with E-state index >= 15 is 0 Å². The Balaban J connectivity index is 1.75. The third-order valence-electron chi connectivity index (χ3n) is 5.09. The second-order valence-corrected chi connectivity index (χ2v) is 6.91. The van der Waals surface area contributed by atoms with Gasteiger partial charge in [-0.05, 0) is 19.3 Å². The molecule has 2 aliphatic rings. The second kappa shape index (κ2) is 10.2. The predicted octanol–water partition coefficient (Wildman–Crippen LogP) is 4.02. The largest absolute Gasteiger partial charge is 0.373 e. The quantitative estimate of drug-likeness (QED) is 0.483. The summed E-state index contributed by atoms with van der Waals surface area (Å²) < 4.78 is 30.1. The van der Waals surface area contributed by atoms with Crippen LogP contribution in [0, 0.1) is 5.92 Å². The maximum absolute atomic E-state index is 6.35. The summed E-state index contributed by atoms with van der Waals surface area (Å²) in [5.41, 5.74) is 1.01. The number of fused-ring (bicyclic) bond motifs is 1. The SMILES string of the molecule is C=CCCCO[C@H]1[C@@H](OC)O[C@@H]2CO[C@@H](c3ccccc3)O[C@H]2[C@@H]1CC=C. The number of benzene rings is 1. The molecule has 27 heavy (non-hydrogen) atoms. The maximum atomic E-state index is 6.35. The van der Waals surface area contributed by atoms with Gasteiger partial charge in [-0.25, -0.2) is 0 Å². The van der Waals surface area contributed by atoms with E-state index in [4.69, 9.17) is 23.7 Å². The highest BCUT2D eigenvalue weighted by molar-refractivity contribution is 5.16. The van der Waals surface area contributed by atoms with Gasteiger partial charge in [0.15, 0.2) is 12.6 Å². The van der Waals surface area contributed by atoms with Crippen LogP contribution in [0.2, 0.25) is 0 Å². The smallest absolute Gasteiger partial charge is 0.184 e. The third kappa shape index (κ3) is 4.86. The van der Waals surface area contributed by atoms with E-state index < -0.39 is 12.6 Å². The summed E-state index contributed by atoms with van der Waals surface area (Å²) in [6.07, 6.45) is 5.03. The van der Waals surface area contributed by atoms with Crippen LogP contribution in [0.5, 0.6) is 0 Å². The van der Waals surface area contributed by atoms with Crippen molar-refractivity contribution in [2.45, 2.75) is 50.2 Å². The molecule has 2 aliphatic heterocycles. The summed E-state index contributed by atoms with van der Waals surface area (Å²) in [6.45, 7) is 8.77. The molecule has 0 unspecified atom stereocenters. The lowest BCUT2D eigenvalue weighted by atomic mass is 9.85. The first-order valence-corrected chi connectivity index (χ1v) is 9.62. The molecule has 1 aromatic rings. The Morgan fingerprint density at radius 3 is 2.67 bits per heavy atom. The molecular weight excluding hydrogens is 344 g/mol. The van der Waals surface area contributed by atoms with Crippen molar-refractivity contribution in [2.24, 2.45) is 5.92 Å². The number of rotatable bonds is 9. The predicted molar refractivity (Wildman–Crippen MR) is 103 cm³/mol. The van der Waals surface area contributed by atoms with Gasteiger partial charge in [-0.2, -0.15) is 0 Å². The van der Waals surface area contributed by atoms with Crippen molar-refractivity contribution < 1.29 is 23.7 Å². The Morgan fingerprint density at radius 2 is 1.96 bits per heavy atom. The maximum Gasteiger partial charge on any atom is 0.184 e. The highest BCUT2D eigenvalue weighted by atomic mass is 16.7. The first-order valence-electron chi connectivity index (χ1n) is 9.62. The molecule has 5 heteroatoms. The highest BCUT2D eigenvalue weighted by Gasteiger charge is 2.50. The number of ether oxygens (including phenoxy) is 5. The lowest BCUT2D eigenvalue weighted by Crippen LogP contribution is -2.59. The average Bonchev–Trinajstić information content (AvgIpc) is 2.72. The van der Waals surface area contributed by atoms with Crippen LogP contribution in [0.15, 0.2) is 55.6 Å². The minimum absolute atomic E-state index is 0.0880. The lowest BCUT2D eigenvalue weighted by molar-refractivity contribution is -0.354. The summed E-state index contributed by atoms with van der Waals surface area (Å²) in [7, 11) is 1.65. The zero-order chi connectivity index (χ0) is 19.1. The monoisotopic (exact) mass is 374 g/mol. The van der Waals surface area contributed by atoms with Crippen molar-refractivity contribution in [1.82, 2.24) is 0 Å². The van der Waals surface area contributed by atoms with Gasteiger partial charge in [0.1, 0.15) is 12.2 Å². The van der Waals surface area contributed by atoms with E-state index in [-0.39, 0.29) is 24.2 Å². The van der Waals surface area contributed by atoms with Gasteiger partial charge < -0.3 is 23.7 Å². The van der Waals surface area contributed by atoms with Crippen molar-refractivity contribution in [1.29, 1.82) is 0 Å². The Hall–Kier alpha value is -1.50. The van der Waals surface area contributed by atoms with E-state index in [1.54, 1.807) is 7.11 Å². The topological polar surface area (TPSA) is 46.2 Å². The summed E-state index contributed by atoms with van der Waals surface area (Å²) >= 11 is 0. The standard InChI is InChI=1S/C22H30O5/c1-4-6-10-14-24-20-17(11-5-2)19-18(26-22(20)23-3)15-25-21(27-19)16-12-8-7-9-13-16/h4-5,7-9,12-13,17-22H,1-2,6,10-11,14-15H2,3H3/t17-,18+,19-,20+,21+,22-/m0/s1. The first-order chi connectivity index (χ1) is 13.3. The molecule has 5 nitrogen and oxygen atoms in total. The van der Waals surface area contributed by atoms with E-state index in [9.17, 15) is 0 Å². The van der Waals surface area contributed by atoms with Crippen LogP contribution >= 0.6 is 0 Å². The van der Waals surface area contributed by atoms with Crippen LogP contribution in [0.1, 0.15) is 31.1 Å². The molecule has 2 heterocycles. The summed E-state index contributed by atoms with van der Waals surface area (Å²) in [6, 6.07) is 9.98. The fourth-order valence-electron chi connectivity index (χ4n) is 3.76. The van der Waals surface area contributed by atoms with Crippen molar-refractivity contribution in [3.05, 3.63) is 61.2 Å². The summed E-state index contributed by atoms with van der Waals surface area (Å²) in [4.78, 5) is 0. The van der Waals surface area contributed by atoms with Crippen LogP contribution in [-0.2, 0) is 23.7 Å².